The van der Waals surface area contributed by atoms with E-state index in [4.69, 9.17) is 14.2 Å². The molecule has 1 fully saturated rings. The van der Waals surface area contributed by atoms with Crippen LogP contribution >= 0.6 is 0 Å². The Kier molecular flexibility index (Phi) is 2.37. The highest BCUT2D eigenvalue weighted by Crippen LogP contribution is 2.52. The molecule has 5 nitrogen and oxygen atoms in total. The lowest BCUT2D eigenvalue weighted by Crippen LogP contribution is -2.51. The number of ketones is 1. The largest absolute Gasteiger partial charge is 0.454 e. The van der Waals surface area contributed by atoms with Crippen molar-refractivity contribution in [2.24, 2.45) is 0 Å². The highest BCUT2D eigenvalue weighted by molar-refractivity contribution is 5.98. The topological polar surface area (TPSA) is 48.0 Å². The third kappa shape index (κ3) is 1.38. The van der Waals surface area contributed by atoms with Crippen molar-refractivity contribution < 1.29 is 19.0 Å². The van der Waals surface area contributed by atoms with Crippen LogP contribution in [0.15, 0.2) is 24.3 Å². The minimum atomic E-state index is -0.538. The highest BCUT2D eigenvalue weighted by atomic mass is 16.7. The average molecular weight is 299 g/mol. The minimum Gasteiger partial charge on any atom is -0.454 e. The summed E-state index contributed by atoms with van der Waals surface area (Å²) in [4.78, 5) is 15.1. The summed E-state index contributed by atoms with van der Waals surface area (Å²) in [7, 11) is 1.72. The van der Waals surface area contributed by atoms with Gasteiger partial charge in [0, 0.05) is 19.7 Å². The van der Waals surface area contributed by atoms with Crippen molar-refractivity contribution in [2.45, 2.75) is 30.5 Å². The fraction of sp³-hybridized carbons (Fsp3) is 0.471. The third-order valence-electron chi connectivity index (χ3n) is 5.52. The van der Waals surface area contributed by atoms with Gasteiger partial charge < -0.3 is 14.2 Å². The van der Waals surface area contributed by atoms with Gasteiger partial charge in [-0.05, 0) is 29.7 Å². The second-order valence-corrected chi connectivity index (χ2v) is 6.44. The SMILES string of the molecule is CO[C@@H]1C=C[C@@]23C(=O)CN(Cc4cc5c(cc42)OCO5)[C@H]3C1. The summed E-state index contributed by atoms with van der Waals surface area (Å²) in [5.41, 5.74) is 1.72. The zero-order chi connectivity index (χ0) is 14.9. The zero-order valence-electron chi connectivity index (χ0n) is 12.4. The number of benzene rings is 1. The van der Waals surface area contributed by atoms with Crippen LogP contribution in [0.5, 0.6) is 11.5 Å². The molecule has 0 radical (unpaired) electrons. The molecule has 0 N–H and O–H groups in total. The molecule has 3 heterocycles. The Morgan fingerprint density at radius 1 is 1.27 bits per heavy atom. The number of nitrogens with zero attached hydrogens (tertiary/aromatic N) is 1. The quantitative estimate of drug-likeness (QED) is 0.734. The molecule has 0 amide bonds. The van der Waals surface area contributed by atoms with Crippen molar-refractivity contribution in [1.29, 1.82) is 0 Å². The van der Waals surface area contributed by atoms with Crippen LogP contribution in [0.1, 0.15) is 17.5 Å². The molecule has 3 aliphatic heterocycles. The monoisotopic (exact) mass is 299 g/mol. The first kappa shape index (κ1) is 12.7. The molecule has 4 atom stereocenters. The van der Waals surface area contributed by atoms with Gasteiger partial charge in [0.15, 0.2) is 17.3 Å². The van der Waals surface area contributed by atoms with E-state index in [0.29, 0.717) is 6.54 Å². The summed E-state index contributed by atoms with van der Waals surface area (Å²) >= 11 is 0. The van der Waals surface area contributed by atoms with E-state index in [9.17, 15) is 4.79 Å². The van der Waals surface area contributed by atoms with Crippen LogP contribution in [-0.2, 0) is 21.5 Å². The van der Waals surface area contributed by atoms with Crippen LogP contribution in [0, 0.1) is 0 Å². The fourth-order valence-corrected chi connectivity index (χ4v) is 4.48. The second kappa shape index (κ2) is 4.12. The molecule has 22 heavy (non-hydrogen) atoms. The molecule has 1 unspecified atom stereocenters. The molecule has 2 bridgehead atoms. The molecule has 1 aromatic carbocycles. The number of rotatable bonds is 1. The molecule has 1 aromatic rings. The van der Waals surface area contributed by atoms with Gasteiger partial charge >= 0.3 is 0 Å². The summed E-state index contributed by atoms with van der Waals surface area (Å²) in [6, 6.07) is 4.24. The van der Waals surface area contributed by atoms with E-state index in [1.165, 1.54) is 5.56 Å². The normalized spacial score (nSPS) is 37.1. The Labute approximate surface area is 128 Å². The Balaban J connectivity index is 1.73. The Morgan fingerprint density at radius 2 is 2.09 bits per heavy atom. The smallest absolute Gasteiger partial charge is 0.231 e. The van der Waals surface area contributed by atoms with Crippen molar-refractivity contribution in [2.75, 3.05) is 20.4 Å². The van der Waals surface area contributed by atoms with Crippen molar-refractivity contribution in [1.82, 2.24) is 4.90 Å². The lowest BCUT2D eigenvalue weighted by molar-refractivity contribution is -0.120. The second-order valence-electron chi connectivity index (χ2n) is 6.44. The number of carbonyl (C=O) groups excluding carboxylic acids is 1. The van der Waals surface area contributed by atoms with E-state index in [1.54, 1.807) is 7.11 Å². The maximum absolute atomic E-state index is 12.9. The Bertz CT molecular complexity index is 713. The number of methoxy groups -OCH3 is 1. The van der Waals surface area contributed by atoms with Crippen LogP contribution in [0.3, 0.4) is 0 Å². The molecule has 0 spiro atoms. The molecule has 0 saturated carbocycles. The lowest BCUT2D eigenvalue weighted by atomic mass is 9.66. The van der Waals surface area contributed by atoms with Gasteiger partial charge in [0.05, 0.1) is 18.1 Å². The Morgan fingerprint density at radius 3 is 2.91 bits per heavy atom. The zero-order valence-corrected chi connectivity index (χ0v) is 12.4. The summed E-state index contributed by atoms with van der Waals surface area (Å²) in [6.07, 6.45) is 5.05. The van der Waals surface area contributed by atoms with E-state index < -0.39 is 5.41 Å². The van der Waals surface area contributed by atoms with Gasteiger partial charge in [0.2, 0.25) is 6.79 Å². The molecule has 1 aliphatic carbocycles. The summed E-state index contributed by atoms with van der Waals surface area (Å²) in [5.74, 6) is 1.82. The molecular formula is C17H17NO4. The van der Waals surface area contributed by atoms with Gasteiger partial charge in [-0.15, -0.1) is 0 Å². The number of fused-ring (bicyclic) bond motifs is 2. The predicted molar refractivity (Wildman–Crippen MR) is 78.0 cm³/mol. The third-order valence-corrected chi connectivity index (χ3v) is 5.52. The number of hydrogen-bond donors (Lipinski definition) is 0. The van der Waals surface area contributed by atoms with E-state index in [1.807, 2.05) is 18.2 Å². The van der Waals surface area contributed by atoms with Gasteiger partial charge in [-0.25, -0.2) is 0 Å². The molecule has 114 valence electrons. The maximum atomic E-state index is 12.9. The van der Waals surface area contributed by atoms with E-state index in [-0.39, 0.29) is 24.7 Å². The molecule has 1 saturated heterocycles. The van der Waals surface area contributed by atoms with E-state index >= 15 is 0 Å². The van der Waals surface area contributed by atoms with Gasteiger partial charge in [-0.3, -0.25) is 9.69 Å². The van der Waals surface area contributed by atoms with Crippen molar-refractivity contribution in [3.05, 3.63) is 35.4 Å². The first-order valence-corrected chi connectivity index (χ1v) is 7.65. The number of ether oxygens (including phenoxy) is 3. The van der Waals surface area contributed by atoms with E-state index in [2.05, 4.69) is 11.0 Å². The number of hydrogen-bond acceptors (Lipinski definition) is 5. The molecule has 5 heteroatoms. The molecule has 0 aromatic heterocycles. The summed E-state index contributed by atoms with van der Waals surface area (Å²) in [5, 5.41) is 0. The van der Waals surface area contributed by atoms with Crippen LogP contribution < -0.4 is 9.47 Å². The molecule has 4 aliphatic rings. The van der Waals surface area contributed by atoms with Crippen LogP contribution in [-0.4, -0.2) is 43.3 Å². The first-order valence-electron chi connectivity index (χ1n) is 7.65. The Hall–Kier alpha value is -1.85. The lowest BCUT2D eigenvalue weighted by Gasteiger charge is -2.44. The molecular weight excluding hydrogens is 282 g/mol. The number of carbonyl (C=O) groups is 1. The van der Waals surface area contributed by atoms with Crippen LogP contribution in [0.4, 0.5) is 0 Å². The van der Waals surface area contributed by atoms with Gasteiger partial charge in [-0.2, -0.15) is 0 Å². The average Bonchev–Trinajstić information content (AvgIpc) is 3.06. The molecule has 5 rings (SSSR count). The maximum Gasteiger partial charge on any atom is 0.231 e. The van der Waals surface area contributed by atoms with Gasteiger partial charge in [-0.1, -0.05) is 12.2 Å². The van der Waals surface area contributed by atoms with Crippen LogP contribution in [0.25, 0.3) is 0 Å². The van der Waals surface area contributed by atoms with Crippen molar-refractivity contribution >= 4 is 5.78 Å². The van der Waals surface area contributed by atoms with E-state index in [0.717, 1.165) is 30.0 Å². The predicted octanol–water partition coefficient (Wildman–Crippen LogP) is 1.39. The fourth-order valence-electron chi connectivity index (χ4n) is 4.48. The summed E-state index contributed by atoms with van der Waals surface area (Å²) < 4.78 is 16.5. The van der Waals surface area contributed by atoms with Crippen molar-refractivity contribution in [3.8, 4) is 11.5 Å². The van der Waals surface area contributed by atoms with Crippen molar-refractivity contribution in [3.63, 3.8) is 0 Å². The van der Waals surface area contributed by atoms with Gasteiger partial charge in [0.1, 0.15) is 0 Å². The number of Topliss-reactive ketones (excluding diaryl/α,β-unsaturated/α-hetero) is 1. The van der Waals surface area contributed by atoms with Gasteiger partial charge in [0.25, 0.3) is 0 Å². The highest BCUT2D eigenvalue weighted by Gasteiger charge is 2.58. The summed E-state index contributed by atoms with van der Waals surface area (Å²) in [6.45, 7) is 1.55. The standard InChI is InChI=1S/C17H17NO4/c1-20-11-2-3-17-12-6-14-13(21-9-22-14)4-10(12)7-18(8-16(17)19)15(17)5-11/h2-4,6,11,15H,5,7-9H2,1H3/t11-,15+,17-/m1/s1. The first-order chi connectivity index (χ1) is 10.7. The minimum absolute atomic E-state index is 0.0853. The van der Waals surface area contributed by atoms with Crippen LogP contribution in [0.2, 0.25) is 0 Å².